The van der Waals surface area contributed by atoms with Crippen molar-refractivity contribution in [1.82, 2.24) is 20.4 Å². The second-order valence-electron chi connectivity index (χ2n) is 6.39. The van der Waals surface area contributed by atoms with Crippen molar-refractivity contribution in [2.45, 2.75) is 44.7 Å². The van der Waals surface area contributed by atoms with Crippen LogP contribution in [0.4, 0.5) is 0 Å². The molecule has 2 atom stereocenters. The number of carbonyl (C=O) groups excluding carboxylic acids is 1. The van der Waals surface area contributed by atoms with Crippen LogP contribution in [0.5, 0.6) is 0 Å². The van der Waals surface area contributed by atoms with Crippen molar-refractivity contribution in [3.05, 3.63) is 18.0 Å². The quantitative estimate of drug-likeness (QED) is 0.875. The highest BCUT2D eigenvalue weighted by Gasteiger charge is 2.23. The van der Waals surface area contributed by atoms with Crippen LogP contribution >= 0.6 is 12.4 Å². The van der Waals surface area contributed by atoms with E-state index in [2.05, 4.69) is 22.7 Å². The van der Waals surface area contributed by atoms with Gasteiger partial charge < -0.3 is 15.4 Å². The van der Waals surface area contributed by atoms with Crippen LogP contribution in [0, 0.1) is 5.92 Å². The van der Waals surface area contributed by atoms with E-state index in [1.807, 2.05) is 16.9 Å². The number of halogens is 1. The molecule has 7 heteroatoms. The summed E-state index contributed by atoms with van der Waals surface area (Å²) in [7, 11) is 0. The van der Waals surface area contributed by atoms with Crippen LogP contribution < -0.4 is 10.6 Å². The molecule has 0 aliphatic carbocycles. The SMILES string of the molecule is CC(NC(=O)c1ccn(C2CCCNC2)n1)C1CCOCC1.Cl. The van der Waals surface area contributed by atoms with Gasteiger partial charge in [0.1, 0.15) is 5.69 Å². The normalized spacial score (nSPS) is 23.8. The van der Waals surface area contributed by atoms with E-state index < -0.39 is 0 Å². The molecule has 2 unspecified atom stereocenters. The first-order chi connectivity index (χ1) is 10.7. The maximum atomic E-state index is 12.4. The Morgan fingerprint density at radius 3 is 2.91 bits per heavy atom. The molecule has 0 bridgehead atoms. The first-order valence-corrected chi connectivity index (χ1v) is 8.38. The van der Waals surface area contributed by atoms with Gasteiger partial charge in [-0.1, -0.05) is 0 Å². The molecule has 2 aliphatic rings. The molecule has 0 aromatic carbocycles. The fraction of sp³-hybridized carbons (Fsp3) is 0.750. The Morgan fingerprint density at radius 2 is 2.22 bits per heavy atom. The number of nitrogens with one attached hydrogen (secondary N) is 2. The van der Waals surface area contributed by atoms with Gasteiger partial charge in [-0.15, -0.1) is 12.4 Å². The van der Waals surface area contributed by atoms with E-state index in [1.54, 1.807) is 0 Å². The standard InChI is InChI=1S/C16H26N4O2.ClH/c1-12(13-5-9-22-10-6-13)18-16(21)15-4-8-20(19-15)14-3-2-7-17-11-14;/h4,8,12-14,17H,2-3,5-7,9-11H2,1H3,(H,18,21);1H. The molecule has 0 saturated carbocycles. The first-order valence-electron chi connectivity index (χ1n) is 8.38. The molecule has 2 fully saturated rings. The van der Waals surface area contributed by atoms with Crippen LogP contribution in [-0.4, -0.2) is 48.0 Å². The lowest BCUT2D eigenvalue weighted by molar-refractivity contribution is 0.0537. The van der Waals surface area contributed by atoms with Gasteiger partial charge >= 0.3 is 0 Å². The number of aromatic nitrogens is 2. The van der Waals surface area contributed by atoms with Gasteiger partial charge in [-0.3, -0.25) is 9.48 Å². The molecule has 3 rings (SSSR count). The summed E-state index contributed by atoms with van der Waals surface area (Å²) in [6, 6.07) is 2.35. The summed E-state index contributed by atoms with van der Waals surface area (Å²) in [4.78, 5) is 12.4. The van der Waals surface area contributed by atoms with Crippen LogP contribution in [0.2, 0.25) is 0 Å². The van der Waals surface area contributed by atoms with Crippen LogP contribution in [-0.2, 0) is 4.74 Å². The minimum atomic E-state index is -0.0680. The summed E-state index contributed by atoms with van der Waals surface area (Å²) in [5, 5.41) is 10.9. The van der Waals surface area contributed by atoms with Gasteiger partial charge in [0, 0.05) is 32.0 Å². The zero-order valence-corrected chi connectivity index (χ0v) is 14.5. The van der Waals surface area contributed by atoms with Crippen molar-refractivity contribution in [1.29, 1.82) is 0 Å². The average Bonchev–Trinajstić information content (AvgIpc) is 3.06. The summed E-state index contributed by atoms with van der Waals surface area (Å²) in [6.45, 7) is 5.69. The summed E-state index contributed by atoms with van der Waals surface area (Å²) in [5.41, 5.74) is 0.518. The van der Waals surface area contributed by atoms with E-state index in [9.17, 15) is 4.79 Å². The molecule has 1 aromatic rings. The lowest BCUT2D eigenvalue weighted by Gasteiger charge is -2.28. The van der Waals surface area contributed by atoms with E-state index in [1.165, 1.54) is 0 Å². The minimum absolute atomic E-state index is 0. The summed E-state index contributed by atoms with van der Waals surface area (Å²) in [6.07, 6.45) is 6.24. The van der Waals surface area contributed by atoms with Gasteiger partial charge in [0.25, 0.3) is 5.91 Å². The molecule has 2 aliphatic heterocycles. The van der Waals surface area contributed by atoms with Crippen LogP contribution in [0.15, 0.2) is 12.3 Å². The third-order valence-corrected chi connectivity index (χ3v) is 4.82. The van der Waals surface area contributed by atoms with Crippen molar-refractivity contribution >= 4 is 18.3 Å². The number of nitrogens with zero attached hydrogens (tertiary/aromatic N) is 2. The van der Waals surface area contributed by atoms with Crippen molar-refractivity contribution in [3.63, 3.8) is 0 Å². The molecule has 2 N–H and O–H groups in total. The molecule has 0 radical (unpaired) electrons. The second kappa shape index (κ2) is 8.66. The molecular formula is C16H27ClN4O2. The third-order valence-electron chi connectivity index (χ3n) is 4.82. The number of hydrogen-bond acceptors (Lipinski definition) is 4. The predicted octanol–water partition coefficient (Wildman–Crippen LogP) is 1.77. The lowest BCUT2D eigenvalue weighted by Crippen LogP contribution is -2.40. The predicted molar refractivity (Wildman–Crippen MR) is 91.1 cm³/mol. The second-order valence-corrected chi connectivity index (χ2v) is 6.39. The fourth-order valence-corrected chi connectivity index (χ4v) is 3.34. The lowest BCUT2D eigenvalue weighted by atomic mass is 9.93. The largest absolute Gasteiger partial charge is 0.381 e. The van der Waals surface area contributed by atoms with Crippen molar-refractivity contribution in [2.75, 3.05) is 26.3 Å². The van der Waals surface area contributed by atoms with E-state index >= 15 is 0 Å². The molecule has 130 valence electrons. The number of amides is 1. The molecule has 3 heterocycles. The summed E-state index contributed by atoms with van der Waals surface area (Å²) in [5.74, 6) is 0.434. The number of rotatable bonds is 4. The molecule has 23 heavy (non-hydrogen) atoms. The van der Waals surface area contributed by atoms with Crippen molar-refractivity contribution in [3.8, 4) is 0 Å². The van der Waals surface area contributed by atoms with Gasteiger partial charge in [0.2, 0.25) is 0 Å². The number of hydrogen-bond donors (Lipinski definition) is 2. The Morgan fingerprint density at radius 1 is 1.43 bits per heavy atom. The minimum Gasteiger partial charge on any atom is -0.381 e. The van der Waals surface area contributed by atoms with Gasteiger partial charge in [-0.2, -0.15) is 5.10 Å². The summed E-state index contributed by atoms with van der Waals surface area (Å²) >= 11 is 0. The highest BCUT2D eigenvalue weighted by molar-refractivity contribution is 5.92. The fourth-order valence-electron chi connectivity index (χ4n) is 3.34. The van der Waals surface area contributed by atoms with Gasteiger partial charge in [0.15, 0.2) is 0 Å². The highest BCUT2D eigenvalue weighted by atomic mass is 35.5. The highest BCUT2D eigenvalue weighted by Crippen LogP contribution is 2.19. The Kier molecular flexibility index (Phi) is 6.87. The Hall–Kier alpha value is -1.11. The van der Waals surface area contributed by atoms with Gasteiger partial charge in [-0.05, 0) is 51.1 Å². The maximum absolute atomic E-state index is 12.4. The molecule has 6 nitrogen and oxygen atoms in total. The molecular weight excluding hydrogens is 316 g/mol. The van der Waals surface area contributed by atoms with E-state index in [0.29, 0.717) is 17.7 Å². The smallest absolute Gasteiger partial charge is 0.271 e. The molecule has 2 saturated heterocycles. The van der Waals surface area contributed by atoms with Crippen molar-refractivity contribution < 1.29 is 9.53 Å². The van der Waals surface area contributed by atoms with E-state index in [4.69, 9.17) is 4.74 Å². The zero-order valence-electron chi connectivity index (χ0n) is 13.7. The number of piperidine rings is 1. The van der Waals surface area contributed by atoms with Gasteiger partial charge in [0.05, 0.1) is 6.04 Å². The van der Waals surface area contributed by atoms with Gasteiger partial charge in [-0.25, -0.2) is 0 Å². The molecule has 1 aromatic heterocycles. The first kappa shape index (κ1) is 18.2. The van der Waals surface area contributed by atoms with Crippen molar-refractivity contribution in [2.24, 2.45) is 5.92 Å². The average molecular weight is 343 g/mol. The Labute approximate surface area is 143 Å². The Balaban J connectivity index is 0.00000192. The number of ether oxygens (including phenoxy) is 1. The molecule has 0 spiro atoms. The Bertz CT molecular complexity index is 496. The topological polar surface area (TPSA) is 68.2 Å². The van der Waals surface area contributed by atoms with Crippen LogP contribution in [0.25, 0.3) is 0 Å². The zero-order chi connectivity index (χ0) is 15.4. The third kappa shape index (κ3) is 4.68. The number of carbonyl (C=O) groups is 1. The maximum Gasteiger partial charge on any atom is 0.271 e. The van der Waals surface area contributed by atoms with E-state index in [-0.39, 0.29) is 24.4 Å². The molecule has 1 amide bonds. The van der Waals surface area contributed by atoms with Crippen LogP contribution in [0.3, 0.4) is 0 Å². The monoisotopic (exact) mass is 342 g/mol. The summed E-state index contributed by atoms with van der Waals surface area (Å²) < 4.78 is 7.31. The van der Waals surface area contributed by atoms with Crippen LogP contribution in [0.1, 0.15) is 49.1 Å². The van der Waals surface area contributed by atoms with E-state index in [0.717, 1.165) is 52.0 Å².